The van der Waals surface area contributed by atoms with Gasteiger partial charge in [-0.3, -0.25) is 9.59 Å². The van der Waals surface area contributed by atoms with Crippen LogP contribution in [0.3, 0.4) is 0 Å². The van der Waals surface area contributed by atoms with E-state index in [0.29, 0.717) is 22.2 Å². The molecular weight excluding hydrogens is 692 g/mol. The zero-order valence-electron chi connectivity index (χ0n) is 27.1. The molecule has 12 aromatic rings. The van der Waals surface area contributed by atoms with Gasteiger partial charge in [0.25, 0.3) is 0 Å². The van der Waals surface area contributed by atoms with Crippen LogP contribution in [0.1, 0.15) is 0 Å². The average molecular weight is 711 g/mol. The molecule has 0 aliphatic carbocycles. The van der Waals surface area contributed by atoms with Gasteiger partial charge in [-0.15, -0.1) is 0 Å². The summed E-state index contributed by atoms with van der Waals surface area (Å²) in [7, 11) is 0. The van der Waals surface area contributed by atoms with E-state index in [0.717, 1.165) is 12.1 Å². The maximum atomic E-state index is 14.7. The van der Waals surface area contributed by atoms with Crippen molar-refractivity contribution in [2.45, 2.75) is 0 Å². The summed E-state index contributed by atoms with van der Waals surface area (Å²) in [6.45, 7) is 0. The molecule has 0 atom stereocenters. The molecule has 6 N–H and O–H groups in total. The first-order valence-corrected chi connectivity index (χ1v) is 16.7. The van der Waals surface area contributed by atoms with E-state index in [1.165, 1.54) is 12.1 Å². The van der Waals surface area contributed by atoms with Crippen molar-refractivity contribution in [1.82, 2.24) is 9.97 Å². The molecule has 0 unspecified atom stereocenters. The van der Waals surface area contributed by atoms with Crippen LogP contribution in [0.2, 0.25) is 0 Å². The number of rotatable bonds is 2. The summed E-state index contributed by atoms with van der Waals surface area (Å²) >= 11 is 0. The molecule has 2 aromatic heterocycles. The molecule has 12 rings (SSSR count). The first-order valence-electron chi connectivity index (χ1n) is 16.7. The van der Waals surface area contributed by atoms with E-state index in [2.05, 4.69) is 0 Å². The molecule has 0 spiro atoms. The van der Waals surface area contributed by atoms with Crippen LogP contribution in [0.15, 0.2) is 91.2 Å². The van der Waals surface area contributed by atoms with Gasteiger partial charge in [0, 0.05) is 77.1 Å². The minimum atomic E-state index is -0.786. The van der Waals surface area contributed by atoms with Crippen LogP contribution in [-0.4, -0.2) is 40.6 Å². The monoisotopic (exact) mass is 710 g/mol. The average Bonchev–Trinajstić information content (AvgIpc) is 3.78. The number of fused-ring (bicyclic) bond motifs is 4. The second-order valence-corrected chi connectivity index (χ2v) is 13.6. The Morgan fingerprint density at radius 1 is 0.370 bits per heavy atom. The topological polar surface area (TPSA) is 208 Å². The number of hydrogen-bond donors (Lipinski definition) is 6. The number of phenols is 6. The quantitative estimate of drug-likeness (QED) is 0.0743. The van der Waals surface area contributed by atoms with Crippen LogP contribution in [0.5, 0.6) is 34.5 Å². The fraction of sp³-hybridized carbons (Fsp3) is 0. The molecule has 0 radical (unpaired) electrons. The summed E-state index contributed by atoms with van der Waals surface area (Å²) in [6.07, 6.45) is 0. The Hall–Kier alpha value is -7.86. The SMILES string of the molecule is O=c1c2c(O)cc(O)c3c4c(O)cc(O)c5c(=O)c6c(O)cc(-c7nc8ccccc8o7)c7c8c(-c9nc%10ccccc%10o9)cc(O)c1c8c(c23)c(c54)c67. The largest absolute Gasteiger partial charge is 0.507 e. The van der Waals surface area contributed by atoms with Crippen LogP contribution in [0.4, 0.5) is 0 Å². The highest BCUT2D eigenvalue weighted by atomic mass is 16.4. The molecule has 0 aliphatic heterocycles. The summed E-state index contributed by atoms with van der Waals surface area (Å²) in [5.74, 6) is -3.10. The molecule has 0 bridgehead atoms. The van der Waals surface area contributed by atoms with Gasteiger partial charge in [-0.25, -0.2) is 9.97 Å². The molecular formula is C42H18N2O10. The summed E-state index contributed by atoms with van der Waals surface area (Å²) in [5.41, 5.74) is 0.668. The number of hydrogen-bond acceptors (Lipinski definition) is 12. The van der Waals surface area contributed by atoms with Crippen molar-refractivity contribution < 1.29 is 39.5 Å². The zero-order chi connectivity index (χ0) is 36.6. The maximum Gasteiger partial charge on any atom is 0.228 e. The standard InChI is InChI=1S/C42H18N2O10/c45-17-9-13(41-43-15-5-1-3-7-23(15)53-41)25-26-14(42-44-16-6-2-4-8-24(16)54-42)10-18(46)30-34(26)38-36-28(20(48)12-22(50)32(36)40(30)52)27-19(47)11-21(49)31-35(27)37(38)33(25)29(17)39(31)51/h1-12,45-50H. The molecule has 54 heavy (non-hydrogen) atoms. The van der Waals surface area contributed by atoms with E-state index in [1.807, 2.05) is 0 Å². The van der Waals surface area contributed by atoms with Gasteiger partial charge >= 0.3 is 0 Å². The fourth-order valence-corrected chi connectivity index (χ4v) is 8.90. The number of benzene rings is 10. The molecule has 12 heteroatoms. The lowest BCUT2D eigenvalue weighted by Crippen LogP contribution is -2.10. The van der Waals surface area contributed by atoms with Crippen LogP contribution in [0.25, 0.3) is 121 Å². The number of aromatic hydroxyl groups is 6. The van der Waals surface area contributed by atoms with E-state index in [9.17, 15) is 40.2 Å². The van der Waals surface area contributed by atoms with Gasteiger partial charge < -0.3 is 39.5 Å². The third-order valence-electron chi connectivity index (χ3n) is 10.9. The van der Waals surface area contributed by atoms with Crippen molar-refractivity contribution >= 4 is 97.6 Å². The minimum Gasteiger partial charge on any atom is -0.507 e. The van der Waals surface area contributed by atoms with E-state index < -0.39 is 45.4 Å². The predicted octanol–water partition coefficient (Wildman–Crippen LogP) is 8.08. The highest BCUT2D eigenvalue weighted by Crippen LogP contribution is 2.58. The van der Waals surface area contributed by atoms with Gasteiger partial charge in [0.15, 0.2) is 11.2 Å². The third-order valence-corrected chi connectivity index (χ3v) is 10.9. The second kappa shape index (κ2) is 9.13. The van der Waals surface area contributed by atoms with Crippen molar-refractivity contribution in [2.75, 3.05) is 0 Å². The number of nitrogens with zero attached hydrogens (tertiary/aromatic N) is 2. The Bertz CT molecular complexity index is 3480. The molecule has 12 nitrogen and oxygen atoms in total. The Kier molecular flexibility index (Phi) is 4.87. The van der Waals surface area contributed by atoms with Crippen LogP contribution >= 0.6 is 0 Å². The lowest BCUT2D eigenvalue weighted by molar-refractivity contribution is 0.455. The second-order valence-electron chi connectivity index (χ2n) is 13.6. The molecule has 0 fully saturated rings. The first-order chi connectivity index (χ1) is 26.1. The van der Waals surface area contributed by atoms with Gasteiger partial charge in [-0.05, 0) is 36.4 Å². The number of oxazole rings is 2. The molecule has 2 heterocycles. The molecule has 0 amide bonds. The van der Waals surface area contributed by atoms with Gasteiger partial charge in [0.2, 0.25) is 22.6 Å². The van der Waals surface area contributed by atoms with E-state index >= 15 is 0 Å². The lowest BCUT2D eigenvalue weighted by atomic mass is 9.77. The Labute approximate surface area is 297 Å². The smallest absolute Gasteiger partial charge is 0.228 e. The number of para-hydroxylation sites is 4. The summed E-state index contributed by atoms with van der Waals surface area (Å²) in [5, 5.41) is 69.5. The Morgan fingerprint density at radius 3 is 1.07 bits per heavy atom. The molecule has 0 aliphatic rings. The van der Waals surface area contributed by atoms with Crippen LogP contribution < -0.4 is 10.9 Å². The molecule has 10 aromatic carbocycles. The molecule has 0 saturated carbocycles. The lowest BCUT2D eigenvalue weighted by Gasteiger charge is -2.25. The van der Waals surface area contributed by atoms with Gasteiger partial charge in [-0.1, -0.05) is 24.3 Å². The van der Waals surface area contributed by atoms with Crippen molar-refractivity contribution in [2.24, 2.45) is 0 Å². The highest BCUT2D eigenvalue weighted by molar-refractivity contribution is 6.52. The normalized spacial score (nSPS) is 12.7. The van der Waals surface area contributed by atoms with Crippen molar-refractivity contribution in [3.05, 3.63) is 93.2 Å². The van der Waals surface area contributed by atoms with Crippen molar-refractivity contribution in [3.63, 3.8) is 0 Å². The summed E-state index contributed by atoms with van der Waals surface area (Å²) in [6, 6.07) is 18.6. The maximum absolute atomic E-state index is 14.7. The van der Waals surface area contributed by atoms with Gasteiger partial charge in [0.05, 0.1) is 21.5 Å². The van der Waals surface area contributed by atoms with Crippen LogP contribution in [0, 0.1) is 0 Å². The van der Waals surface area contributed by atoms with Gasteiger partial charge in [0.1, 0.15) is 45.5 Å². The van der Waals surface area contributed by atoms with Crippen molar-refractivity contribution in [3.8, 4) is 57.4 Å². The number of aromatic nitrogens is 2. The fourth-order valence-electron chi connectivity index (χ4n) is 8.90. The Balaban J connectivity index is 1.51. The molecule has 0 saturated heterocycles. The predicted molar refractivity (Wildman–Crippen MR) is 202 cm³/mol. The van der Waals surface area contributed by atoms with Crippen molar-refractivity contribution in [1.29, 1.82) is 0 Å². The van der Waals surface area contributed by atoms with E-state index in [-0.39, 0.29) is 98.3 Å². The number of phenolic OH excluding ortho intramolecular Hbond substituents is 6. The Morgan fingerprint density at radius 2 is 0.685 bits per heavy atom. The summed E-state index contributed by atoms with van der Waals surface area (Å²) in [4.78, 5) is 38.9. The highest BCUT2D eigenvalue weighted by Gasteiger charge is 2.35. The van der Waals surface area contributed by atoms with Gasteiger partial charge in [-0.2, -0.15) is 0 Å². The summed E-state index contributed by atoms with van der Waals surface area (Å²) < 4.78 is 12.5. The van der Waals surface area contributed by atoms with E-state index in [4.69, 9.17) is 18.8 Å². The van der Waals surface area contributed by atoms with E-state index in [1.54, 1.807) is 48.5 Å². The first kappa shape index (κ1) is 28.8. The molecule has 256 valence electrons. The third kappa shape index (κ3) is 3.12. The minimum absolute atomic E-state index is 0.0208. The van der Waals surface area contributed by atoms with Crippen LogP contribution in [-0.2, 0) is 0 Å². The zero-order valence-corrected chi connectivity index (χ0v) is 27.1.